The Morgan fingerprint density at radius 2 is 1.85 bits per heavy atom. The molecule has 0 radical (unpaired) electrons. The number of fused-ring (bicyclic) bond motifs is 5. The van der Waals surface area contributed by atoms with E-state index in [-0.39, 0.29) is 22.9 Å². The van der Waals surface area contributed by atoms with Crippen molar-refractivity contribution in [2.75, 3.05) is 5.32 Å². The number of carbonyl (C=O) groups is 1. The van der Waals surface area contributed by atoms with E-state index in [0.717, 1.165) is 48.9 Å². The summed E-state index contributed by atoms with van der Waals surface area (Å²) >= 11 is 5.43. The highest BCUT2D eigenvalue weighted by atomic mass is 32.1. The van der Waals surface area contributed by atoms with Gasteiger partial charge in [0, 0.05) is 18.0 Å². The Labute approximate surface area is 208 Å². The third-order valence-corrected chi connectivity index (χ3v) is 9.72. The summed E-state index contributed by atoms with van der Waals surface area (Å²) in [5, 5.41) is 8.35. The molecule has 0 spiro atoms. The second kappa shape index (κ2) is 9.10. The van der Waals surface area contributed by atoms with Gasteiger partial charge in [-0.3, -0.25) is 10.2 Å². The maximum Gasteiger partial charge on any atom is 0.302 e. The van der Waals surface area contributed by atoms with Crippen molar-refractivity contribution in [1.29, 1.82) is 0 Å². The highest BCUT2D eigenvalue weighted by Crippen LogP contribution is 2.65. The molecule has 6 heteroatoms. The van der Waals surface area contributed by atoms with Crippen LogP contribution in [-0.2, 0) is 9.53 Å². The maximum atomic E-state index is 11.7. The van der Waals surface area contributed by atoms with Crippen LogP contribution in [0.15, 0.2) is 47.1 Å². The number of thiocarbonyl (C=S) groups is 1. The molecule has 6 unspecified atom stereocenters. The van der Waals surface area contributed by atoms with Gasteiger partial charge in [-0.2, -0.15) is 5.10 Å². The third-order valence-electron chi connectivity index (χ3n) is 9.53. The summed E-state index contributed by atoms with van der Waals surface area (Å²) in [5.74, 6) is 2.01. The number of nitrogens with zero attached hydrogens (tertiary/aromatic N) is 1. The standard InChI is InChI=1S/C28H37N3O2S/c1-18(32)33-25-12-11-23-22-10-9-19-17-21(30-31-26(34)29-20-7-5-4-6-8-20)13-15-27(19,2)24(22)14-16-28(23,25)3/h4-8,17,22-25H,9-16H2,1-3H3,(H2,29,31,34)/b30-21-. The summed E-state index contributed by atoms with van der Waals surface area (Å²) in [4.78, 5) is 11.7. The molecule has 5 rings (SSSR count). The lowest BCUT2D eigenvalue weighted by Gasteiger charge is -2.58. The average Bonchev–Trinajstić information content (AvgIpc) is 3.14. The van der Waals surface area contributed by atoms with Gasteiger partial charge in [-0.1, -0.05) is 37.6 Å². The highest BCUT2D eigenvalue weighted by molar-refractivity contribution is 7.80. The number of ether oxygens (including phenoxy) is 1. The minimum atomic E-state index is -0.124. The summed E-state index contributed by atoms with van der Waals surface area (Å²) in [6, 6.07) is 9.92. The number of esters is 1. The van der Waals surface area contributed by atoms with E-state index < -0.39 is 0 Å². The van der Waals surface area contributed by atoms with Gasteiger partial charge in [-0.25, -0.2) is 0 Å². The molecule has 3 saturated carbocycles. The van der Waals surface area contributed by atoms with Gasteiger partial charge < -0.3 is 10.1 Å². The molecule has 4 aliphatic carbocycles. The molecule has 0 amide bonds. The summed E-state index contributed by atoms with van der Waals surface area (Å²) < 4.78 is 5.80. The van der Waals surface area contributed by atoms with E-state index in [1.807, 2.05) is 30.3 Å². The monoisotopic (exact) mass is 479 g/mol. The number of hydrazone groups is 1. The third kappa shape index (κ3) is 4.19. The lowest BCUT2D eigenvalue weighted by molar-refractivity contribution is -0.157. The lowest BCUT2D eigenvalue weighted by Crippen LogP contribution is -2.51. The molecule has 4 aliphatic rings. The van der Waals surface area contributed by atoms with Gasteiger partial charge in [-0.15, -0.1) is 0 Å². The Balaban J connectivity index is 1.27. The SMILES string of the molecule is CC(=O)OC1CCC2C3CCC4=C/C(=N\NC(=S)Nc5ccccc5)CCC4(C)C3CCC12C. The van der Waals surface area contributed by atoms with E-state index in [1.54, 1.807) is 12.5 Å². The van der Waals surface area contributed by atoms with Crippen molar-refractivity contribution in [2.45, 2.75) is 78.2 Å². The van der Waals surface area contributed by atoms with Gasteiger partial charge in [0.1, 0.15) is 6.10 Å². The summed E-state index contributed by atoms with van der Waals surface area (Å²) in [7, 11) is 0. The van der Waals surface area contributed by atoms with E-state index >= 15 is 0 Å². The molecule has 0 aliphatic heterocycles. The number of hydrogen-bond donors (Lipinski definition) is 2. The maximum absolute atomic E-state index is 11.7. The van der Waals surface area contributed by atoms with E-state index in [0.29, 0.717) is 11.0 Å². The van der Waals surface area contributed by atoms with Crippen LogP contribution >= 0.6 is 12.2 Å². The predicted octanol–water partition coefficient (Wildman–Crippen LogP) is 6.22. The first-order valence-electron chi connectivity index (χ1n) is 12.9. The zero-order valence-electron chi connectivity index (χ0n) is 20.6. The van der Waals surface area contributed by atoms with Crippen LogP contribution in [0.5, 0.6) is 0 Å². The molecule has 182 valence electrons. The zero-order chi connectivity index (χ0) is 23.9. The van der Waals surface area contributed by atoms with Crippen LogP contribution in [0.4, 0.5) is 5.69 Å². The second-order valence-electron chi connectivity index (χ2n) is 11.3. The van der Waals surface area contributed by atoms with Crippen LogP contribution in [0.3, 0.4) is 0 Å². The molecule has 3 fully saturated rings. The quantitative estimate of drug-likeness (QED) is 0.306. The molecule has 0 aromatic heterocycles. The van der Waals surface area contributed by atoms with Crippen LogP contribution < -0.4 is 10.7 Å². The minimum Gasteiger partial charge on any atom is -0.462 e. The molecule has 1 aromatic carbocycles. The van der Waals surface area contributed by atoms with Crippen LogP contribution in [0, 0.1) is 28.6 Å². The van der Waals surface area contributed by atoms with Crippen molar-refractivity contribution in [3.05, 3.63) is 42.0 Å². The van der Waals surface area contributed by atoms with Gasteiger partial charge >= 0.3 is 5.97 Å². The molecular formula is C28H37N3O2S. The number of rotatable bonds is 3. The zero-order valence-corrected chi connectivity index (χ0v) is 21.4. The Kier molecular flexibility index (Phi) is 6.30. The fraction of sp³-hybridized carbons (Fsp3) is 0.607. The van der Waals surface area contributed by atoms with Crippen molar-refractivity contribution in [3.63, 3.8) is 0 Å². The van der Waals surface area contributed by atoms with E-state index in [4.69, 9.17) is 17.0 Å². The molecule has 0 bridgehead atoms. The van der Waals surface area contributed by atoms with E-state index in [1.165, 1.54) is 25.7 Å². The van der Waals surface area contributed by atoms with Crippen LogP contribution in [0.2, 0.25) is 0 Å². The van der Waals surface area contributed by atoms with Crippen LogP contribution in [0.1, 0.15) is 72.1 Å². The number of benzene rings is 1. The molecule has 1 aromatic rings. The fourth-order valence-electron chi connectivity index (χ4n) is 7.81. The van der Waals surface area contributed by atoms with Gasteiger partial charge in [0.15, 0.2) is 5.11 Å². The molecule has 34 heavy (non-hydrogen) atoms. The number of carbonyl (C=O) groups excluding carboxylic acids is 1. The summed E-state index contributed by atoms with van der Waals surface area (Å²) in [5.41, 5.74) is 7.07. The predicted molar refractivity (Wildman–Crippen MR) is 140 cm³/mol. The van der Waals surface area contributed by atoms with Crippen molar-refractivity contribution in [3.8, 4) is 0 Å². The van der Waals surface area contributed by atoms with Crippen LogP contribution in [0.25, 0.3) is 0 Å². The van der Waals surface area contributed by atoms with Gasteiger partial charge in [0.25, 0.3) is 0 Å². The number of para-hydroxylation sites is 1. The first-order chi connectivity index (χ1) is 16.3. The Hall–Kier alpha value is -2.21. The smallest absolute Gasteiger partial charge is 0.302 e. The Morgan fingerprint density at radius 3 is 2.62 bits per heavy atom. The molecule has 2 N–H and O–H groups in total. The first-order valence-corrected chi connectivity index (χ1v) is 13.3. The second-order valence-corrected chi connectivity index (χ2v) is 11.7. The van der Waals surface area contributed by atoms with Crippen LogP contribution in [-0.4, -0.2) is 22.9 Å². The summed E-state index contributed by atoms with van der Waals surface area (Å²) in [6.45, 7) is 6.45. The summed E-state index contributed by atoms with van der Waals surface area (Å²) in [6.07, 6.45) is 11.6. The van der Waals surface area contributed by atoms with Gasteiger partial charge in [-0.05, 0) is 105 Å². The van der Waals surface area contributed by atoms with E-state index in [2.05, 4.69) is 35.8 Å². The molecular weight excluding hydrogens is 442 g/mol. The van der Waals surface area contributed by atoms with Gasteiger partial charge in [0.2, 0.25) is 0 Å². The lowest BCUT2D eigenvalue weighted by atomic mass is 9.47. The minimum absolute atomic E-state index is 0.102. The average molecular weight is 480 g/mol. The normalized spacial score (nSPS) is 37.6. The highest BCUT2D eigenvalue weighted by Gasteiger charge is 2.59. The molecule has 6 atom stereocenters. The number of anilines is 1. The van der Waals surface area contributed by atoms with Crippen molar-refractivity contribution < 1.29 is 9.53 Å². The Bertz CT molecular complexity index is 1020. The Morgan fingerprint density at radius 1 is 1.06 bits per heavy atom. The topological polar surface area (TPSA) is 62.7 Å². The van der Waals surface area contributed by atoms with Gasteiger partial charge in [0.05, 0.1) is 5.71 Å². The fourth-order valence-corrected chi connectivity index (χ4v) is 7.97. The molecule has 0 saturated heterocycles. The largest absolute Gasteiger partial charge is 0.462 e. The molecule has 5 nitrogen and oxygen atoms in total. The van der Waals surface area contributed by atoms with Crippen molar-refractivity contribution in [2.24, 2.45) is 33.7 Å². The first kappa shape index (κ1) is 23.5. The van der Waals surface area contributed by atoms with Crippen molar-refractivity contribution >= 4 is 34.7 Å². The van der Waals surface area contributed by atoms with Crippen molar-refractivity contribution in [1.82, 2.24) is 5.43 Å². The number of allylic oxidation sites excluding steroid dienone is 2. The van der Waals surface area contributed by atoms with E-state index in [9.17, 15) is 4.79 Å². The number of nitrogens with one attached hydrogen (secondary N) is 2. The number of hydrogen-bond acceptors (Lipinski definition) is 4. The molecule has 0 heterocycles.